The Kier molecular flexibility index (Phi) is 12.9. The van der Waals surface area contributed by atoms with Gasteiger partial charge in [-0.1, -0.05) is 253 Å². The molecule has 98 heavy (non-hydrogen) atoms. The molecule has 0 saturated carbocycles. The molecule has 2 aliphatic rings. The topological polar surface area (TPSA) is 25.6 Å². The first-order valence-corrected chi connectivity index (χ1v) is 34.7. The molecule has 0 spiro atoms. The standard InChI is InChI=1S/C44H28N2.C33H21N.C17H11Br/c1-3-11-33(12-4-1)45-39-17-9-7-15-35(39)43-37-27-31(21-19-29(37)23-25-41(43)45)32-22-20-30-24-26-42-44(38(30)28-32)36-16-8-10-18-40(36)46(42)34-13-5-2-6-14-34;1-2-6-26-24(5-1)17-25-14-11-20-9-12-22(18-28(20)32(25)26)23-13-10-21-15-16-31-33(29(21)19-23)27-7-3-4-8-30(27)34-31;18-14-8-7-11-5-6-13-9-12-3-1-2-4-15(12)17(13)16(11)10-14/h1-28H;1-16,18-19,34H,17H2;1-8,10H,9H2. The lowest BCUT2D eigenvalue weighted by Crippen LogP contribution is -1.93. The summed E-state index contributed by atoms with van der Waals surface area (Å²) in [6.45, 7) is 0. The number of H-pyrrole nitrogens is 1. The summed E-state index contributed by atoms with van der Waals surface area (Å²) in [5.74, 6) is 0. The highest BCUT2D eigenvalue weighted by Crippen LogP contribution is 2.46. The average Bonchev–Trinajstić information content (AvgIpc) is 1.52. The molecule has 458 valence electrons. The minimum Gasteiger partial charge on any atom is -0.354 e. The van der Waals surface area contributed by atoms with Gasteiger partial charge in [-0.2, -0.15) is 0 Å². The van der Waals surface area contributed by atoms with Crippen molar-refractivity contribution in [2.24, 2.45) is 0 Å². The smallest absolute Gasteiger partial charge is 0.0547 e. The van der Waals surface area contributed by atoms with Gasteiger partial charge in [0, 0.05) is 59.2 Å². The Bertz CT molecular complexity index is 6490. The zero-order valence-electron chi connectivity index (χ0n) is 53.4. The van der Waals surface area contributed by atoms with Crippen LogP contribution in [0.3, 0.4) is 0 Å². The number of aromatic nitrogens is 3. The molecule has 0 aliphatic heterocycles. The van der Waals surface area contributed by atoms with Crippen LogP contribution < -0.4 is 0 Å². The van der Waals surface area contributed by atoms with Crippen molar-refractivity contribution in [3.05, 3.63) is 360 Å². The Hall–Kier alpha value is -12.1. The van der Waals surface area contributed by atoms with Crippen molar-refractivity contribution in [1.82, 2.24) is 14.1 Å². The number of nitrogens with one attached hydrogen (secondary N) is 1. The lowest BCUT2D eigenvalue weighted by molar-refractivity contribution is 1.18. The molecule has 3 nitrogen and oxygen atoms in total. The number of nitrogens with zero attached hydrogens (tertiary/aromatic N) is 2. The molecule has 4 heteroatoms. The summed E-state index contributed by atoms with van der Waals surface area (Å²) in [7, 11) is 0. The van der Waals surface area contributed by atoms with E-state index in [1.165, 1.54) is 197 Å². The maximum atomic E-state index is 3.59. The van der Waals surface area contributed by atoms with Crippen molar-refractivity contribution >= 4 is 135 Å². The second-order valence-corrected chi connectivity index (χ2v) is 27.3. The van der Waals surface area contributed by atoms with E-state index < -0.39 is 0 Å². The molecule has 0 bridgehead atoms. The van der Waals surface area contributed by atoms with E-state index in [0.29, 0.717) is 0 Å². The number of rotatable bonds is 4. The van der Waals surface area contributed by atoms with Gasteiger partial charge in [0.1, 0.15) is 0 Å². The maximum Gasteiger partial charge on any atom is 0.0547 e. The number of para-hydroxylation sites is 5. The summed E-state index contributed by atoms with van der Waals surface area (Å²) in [6.07, 6.45) is 2.09. The molecule has 0 amide bonds. The lowest BCUT2D eigenvalue weighted by Gasteiger charge is -2.11. The molecule has 20 aromatic rings. The zero-order chi connectivity index (χ0) is 64.5. The molecular weight excluding hydrogens is 1250 g/mol. The van der Waals surface area contributed by atoms with Crippen LogP contribution in [0.15, 0.2) is 338 Å². The highest BCUT2D eigenvalue weighted by atomic mass is 79.9. The Morgan fingerprint density at radius 3 is 1.14 bits per heavy atom. The van der Waals surface area contributed by atoms with Crippen LogP contribution in [0.25, 0.3) is 175 Å². The van der Waals surface area contributed by atoms with Gasteiger partial charge in [0.15, 0.2) is 0 Å². The predicted molar refractivity (Wildman–Crippen MR) is 420 cm³/mol. The van der Waals surface area contributed by atoms with Crippen LogP contribution in [0.5, 0.6) is 0 Å². The first-order chi connectivity index (χ1) is 48.5. The van der Waals surface area contributed by atoms with Crippen LogP contribution in [0.2, 0.25) is 0 Å². The van der Waals surface area contributed by atoms with Crippen LogP contribution in [0.4, 0.5) is 0 Å². The molecule has 0 radical (unpaired) electrons. The van der Waals surface area contributed by atoms with Gasteiger partial charge in [0.25, 0.3) is 0 Å². The third kappa shape index (κ3) is 9.02. The highest BCUT2D eigenvalue weighted by Gasteiger charge is 2.24. The lowest BCUT2D eigenvalue weighted by atomic mass is 9.93. The fourth-order valence-corrected chi connectivity index (χ4v) is 16.9. The molecule has 17 aromatic carbocycles. The molecule has 0 atom stereocenters. The Morgan fingerprint density at radius 2 is 0.622 bits per heavy atom. The number of benzene rings is 17. The van der Waals surface area contributed by atoms with Crippen molar-refractivity contribution < 1.29 is 0 Å². The maximum absolute atomic E-state index is 3.59. The average molecular weight is 1310 g/mol. The number of aromatic amines is 1. The molecule has 2 aliphatic carbocycles. The van der Waals surface area contributed by atoms with Gasteiger partial charge in [-0.3, -0.25) is 0 Å². The molecular formula is C94H60BrN3. The van der Waals surface area contributed by atoms with Gasteiger partial charge in [-0.15, -0.1) is 0 Å². The van der Waals surface area contributed by atoms with Crippen molar-refractivity contribution in [2.75, 3.05) is 0 Å². The van der Waals surface area contributed by atoms with Crippen LogP contribution in [0, 0.1) is 0 Å². The SMILES string of the molecule is Brc1ccc2ccc3c(c2c1)-c1ccccc1C3.c1ccc(-n2c3ccccc3c3c4cc(-c5ccc6ccc7c(c6c5)c5ccccc5n7-c5ccccc5)ccc4ccc32)cc1.c1ccc2c(c1)Cc1ccc3ccc(-c4ccc5ccc6[nH]c7ccccc7c6c5c4)cc3c1-2. The van der Waals surface area contributed by atoms with Crippen molar-refractivity contribution in [3.63, 3.8) is 0 Å². The molecule has 1 N–H and O–H groups in total. The minimum atomic E-state index is 1.03. The van der Waals surface area contributed by atoms with Gasteiger partial charge in [0.2, 0.25) is 0 Å². The summed E-state index contributed by atoms with van der Waals surface area (Å²) in [5.41, 5.74) is 26.0. The molecule has 3 heterocycles. The van der Waals surface area contributed by atoms with Crippen LogP contribution in [0.1, 0.15) is 22.3 Å². The van der Waals surface area contributed by atoms with E-state index in [1.54, 1.807) is 0 Å². The van der Waals surface area contributed by atoms with Crippen LogP contribution in [-0.4, -0.2) is 14.1 Å². The monoisotopic (exact) mass is 1310 g/mol. The predicted octanol–water partition coefficient (Wildman–Crippen LogP) is 25.9. The quantitative estimate of drug-likeness (QED) is 0.182. The summed E-state index contributed by atoms with van der Waals surface area (Å²) in [6, 6.07) is 122. The van der Waals surface area contributed by atoms with E-state index >= 15 is 0 Å². The molecule has 0 unspecified atom stereocenters. The van der Waals surface area contributed by atoms with Gasteiger partial charge < -0.3 is 14.1 Å². The Labute approximate surface area is 574 Å². The van der Waals surface area contributed by atoms with E-state index in [0.717, 1.165) is 17.3 Å². The number of hydrogen-bond donors (Lipinski definition) is 1. The fraction of sp³-hybridized carbons (Fsp3) is 0.0213. The van der Waals surface area contributed by atoms with E-state index in [1.807, 2.05) is 0 Å². The van der Waals surface area contributed by atoms with E-state index in [4.69, 9.17) is 0 Å². The molecule has 0 saturated heterocycles. The van der Waals surface area contributed by atoms with Gasteiger partial charge in [-0.25, -0.2) is 0 Å². The summed E-state index contributed by atoms with van der Waals surface area (Å²) < 4.78 is 5.94. The Balaban J connectivity index is 0.000000109. The second-order valence-electron chi connectivity index (χ2n) is 26.4. The molecule has 3 aromatic heterocycles. The number of hydrogen-bond acceptors (Lipinski definition) is 0. The Morgan fingerprint density at radius 1 is 0.245 bits per heavy atom. The van der Waals surface area contributed by atoms with Crippen molar-refractivity contribution in [3.8, 4) is 55.9 Å². The summed E-state index contributed by atoms with van der Waals surface area (Å²) >= 11 is 3.58. The largest absolute Gasteiger partial charge is 0.354 e. The summed E-state index contributed by atoms with van der Waals surface area (Å²) in [5, 5.41) is 20.7. The van der Waals surface area contributed by atoms with Gasteiger partial charge in [-0.05, 0) is 231 Å². The van der Waals surface area contributed by atoms with Crippen molar-refractivity contribution in [2.45, 2.75) is 12.8 Å². The number of halogens is 1. The summed E-state index contributed by atoms with van der Waals surface area (Å²) in [4.78, 5) is 3.59. The van der Waals surface area contributed by atoms with E-state index in [2.05, 4.69) is 364 Å². The third-order valence-corrected chi connectivity index (χ3v) is 21.5. The first-order valence-electron chi connectivity index (χ1n) is 33.9. The first kappa shape index (κ1) is 56.3. The van der Waals surface area contributed by atoms with E-state index in [-0.39, 0.29) is 0 Å². The van der Waals surface area contributed by atoms with Gasteiger partial charge >= 0.3 is 0 Å². The second kappa shape index (κ2) is 22.5. The van der Waals surface area contributed by atoms with Crippen LogP contribution >= 0.6 is 15.9 Å². The molecule has 0 fully saturated rings. The van der Waals surface area contributed by atoms with Crippen molar-refractivity contribution in [1.29, 1.82) is 0 Å². The minimum absolute atomic E-state index is 1.03. The van der Waals surface area contributed by atoms with Crippen LogP contribution in [-0.2, 0) is 12.8 Å². The zero-order valence-corrected chi connectivity index (χ0v) is 55.0. The molecule has 22 rings (SSSR count). The fourth-order valence-electron chi connectivity index (χ4n) is 16.6. The highest BCUT2D eigenvalue weighted by molar-refractivity contribution is 9.10. The van der Waals surface area contributed by atoms with Gasteiger partial charge in [0.05, 0.1) is 22.1 Å². The normalized spacial score (nSPS) is 12.3. The number of fused-ring (bicyclic) bond motifs is 25. The van der Waals surface area contributed by atoms with E-state index in [9.17, 15) is 0 Å². The third-order valence-electron chi connectivity index (χ3n) is 21.0.